The zero-order valence-corrected chi connectivity index (χ0v) is 13.4. The van der Waals surface area contributed by atoms with E-state index in [1.165, 1.54) is 0 Å². The Morgan fingerprint density at radius 2 is 1.90 bits per heavy atom. The van der Waals surface area contributed by atoms with Gasteiger partial charge < -0.3 is 5.73 Å². The first-order valence-corrected chi connectivity index (χ1v) is 8.20. The standard InChI is InChI=1S/C15H15Cl2NOS/c1-10-6-11(8-18)2-3-12(10)9-20(19)15-7-13(16)4-5-14(15)17/h2-7H,8-9,18H2,1H3. The van der Waals surface area contributed by atoms with Crippen molar-refractivity contribution in [1.82, 2.24) is 0 Å². The summed E-state index contributed by atoms with van der Waals surface area (Å²) in [6, 6.07) is 11.0. The van der Waals surface area contributed by atoms with Crippen LogP contribution in [-0.2, 0) is 23.1 Å². The summed E-state index contributed by atoms with van der Waals surface area (Å²) in [6.07, 6.45) is 0. The van der Waals surface area contributed by atoms with Gasteiger partial charge in [-0.05, 0) is 41.8 Å². The van der Waals surface area contributed by atoms with Gasteiger partial charge in [-0.25, -0.2) is 0 Å². The van der Waals surface area contributed by atoms with Crippen LogP contribution in [0, 0.1) is 6.92 Å². The monoisotopic (exact) mass is 327 g/mol. The molecule has 0 radical (unpaired) electrons. The summed E-state index contributed by atoms with van der Waals surface area (Å²) in [7, 11) is -1.22. The van der Waals surface area contributed by atoms with Crippen molar-refractivity contribution in [2.45, 2.75) is 24.1 Å². The van der Waals surface area contributed by atoms with Gasteiger partial charge in [0.2, 0.25) is 0 Å². The molecule has 0 saturated carbocycles. The van der Waals surface area contributed by atoms with Gasteiger partial charge in [0, 0.05) is 11.6 Å². The zero-order chi connectivity index (χ0) is 14.7. The van der Waals surface area contributed by atoms with Gasteiger partial charge in [-0.1, -0.05) is 41.4 Å². The van der Waals surface area contributed by atoms with Crippen LogP contribution in [0.15, 0.2) is 41.3 Å². The molecule has 0 heterocycles. The average Bonchev–Trinajstić information content (AvgIpc) is 2.43. The van der Waals surface area contributed by atoms with Crippen LogP contribution in [0.5, 0.6) is 0 Å². The minimum atomic E-state index is -1.22. The Labute approximate surface area is 131 Å². The summed E-state index contributed by atoms with van der Waals surface area (Å²) < 4.78 is 12.4. The number of nitrogens with two attached hydrogens (primary N) is 1. The Hall–Kier alpha value is -0.870. The Morgan fingerprint density at radius 3 is 2.55 bits per heavy atom. The summed E-state index contributed by atoms with van der Waals surface area (Å²) in [4.78, 5) is 0.571. The molecule has 2 nitrogen and oxygen atoms in total. The van der Waals surface area contributed by atoms with E-state index in [1.54, 1.807) is 18.2 Å². The van der Waals surface area contributed by atoms with Crippen LogP contribution in [0.4, 0.5) is 0 Å². The zero-order valence-electron chi connectivity index (χ0n) is 11.0. The van der Waals surface area contributed by atoms with Crippen LogP contribution in [0.1, 0.15) is 16.7 Å². The number of hydrogen-bond donors (Lipinski definition) is 1. The summed E-state index contributed by atoms with van der Waals surface area (Å²) in [5.41, 5.74) is 8.78. The van der Waals surface area contributed by atoms with Crippen molar-refractivity contribution in [3.05, 3.63) is 63.1 Å². The van der Waals surface area contributed by atoms with Crippen molar-refractivity contribution >= 4 is 34.0 Å². The van der Waals surface area contributed by atoms with Crippen LogP contribution in [0.2, 0.25) is 10.0 Å². The largest absolute Gasteiger partial charge is 0.326 e. The van der Waals surface area contributed by atoms with E-state index in [0.29, 0.717) is 27.2 Å². The molecule has 0 aliphatic carbocycles. The number of hydrogen-bond acceptors (Lipinski definition) is 2. The van der Waals surface area contributed by atoms with Gasteiger partial charge in [0.1, 0.15) is 0 Å². The second-order valence-electron chi connectivity index (χ2n) is 4.53. The van der Waals surface area contributed by atoms with E-state index in [0.717, 1.165) is 16.7 Å². The van der Waals surface area contributed by atoms with Gasteiger partial charge in [-0.3, -0.25) is 4.21 Å². The first kappa shape index (κ1) is 15.5. The molecule has 0 aromatic heterocycles. The second-order valence-corrected chi connectivity index (χ2v) is 6.79. The molecule has 0 aliphatic heterocycles. The van der Waals surface area contributed by atoms with E-state index >= 15 is 0 Å². The second kappa shape index (κ2) is 6.72. The minimum absolute atomic E-state index is 0.413. The summed E-state index contributed by atoms with van der Waals surface area (Å²) >= 11 is 12.0. The number of halogens is 2. The molecular formula is C15H15Cl2NOS. The average molecular weight is 328 g/mol. The molecule has 0 spiro atoms. The van der Waals surface area contributed by atoms with Crippen molar-refractivity contribution in [2.24, 2.45) is 5.73 Å². The van der Waals surface area contributed by atoms with E-state index < -0.39 is 10.8 Å². The van der Waals surface area contributed by atoms with E-state index in [-0.39, 0.29) is 0 Å². The molecule has 1 unspecified atom stereocenters. The van der Waals surface area contributed by atoms with Crippen molar-refractivity contribution in [2.75, 3.05) is 0 Å². The van der Waals surface area contributed by atoms with Crippen molar-refractivity contribution < 1.29 is 4.21 Å². The SMILES string of the molecule is Cc1cc(CN)ccc1CS(=O)c1cc(Cl)ccc1Cl. The number of rotatable bonds is 4. The quantitative estimate of drug-likeness (QED) is 0.919. The van der Waals surface area contributed by atoms with Gasteiger partial charge in [0.25, 0.3) is 0 Å². The molecule has 0 aliphatic rings. The van der Waals surface area contributed by atoms with Crippen molar-refractivity contribution in [1.29, 1.82) is 0 Å². The van der Waals surface area contributed by atoms with E-state index in [9.17, 15) is 4.21 Å². The lowest BCUT2D eigenvalue weighted by Crippen LogP contribution is -2.02. The highest BCUT2D eigenvalue weighted by Gasteiger charge is 2.12. The predicted octanol–water partition coefficient (Wildman–Crippen LogP) is 4.07. The molecule has 0 amide bonds. The Balaban J connectivity index is 2.25. The van der Waals surface area contributed by atoms with Crippen LogP contribution in [0.3, 0.4) is 0 Å². The number of benzene rings is 2. The van der Waals surface area contributed by atoms with E-state index in [4.69, 9.17) is 28.9 Å². The highest BCUT2D eigenvalue weighted by molar-refractivity contribution is 7.84. The summed E-state index contributed by atoms with van der Waals surface area (Å²) in [5, 5.41) is 1.01. The molecule has 0 bridgehead atoms. The lowest BCUT2D eigenvalue weighted by molar-refractivity contribution is 0.682. The highest BCUT2D eigenvalue weighted by Crippen LogP contribution is 2.26. The summed E-state index contributed by atoms with van der Waals surface area (Å²) in [6.45, 7) is 2.50. The Kier molecular flexibility index (Phi) is 5.22. The first-order chi connectivity index (χ1) is 9.51. The first-order valence-electron chi connectivity index (χ1n) is 6.13. The van der Waals surface area contributed by atoms with Gasteiger partial charge in [-0.2, -0.15) is 0 Å². The molecule has 5 heteroatoms. The molecular weight excluding hydrogens is 313 g/mol. The van der Waals surface area contributed by atoms with Crippen molar-refractivity contribution in [3.8, 4) is 0 Å². The lowest BCUT2D eigenvalue weighted by atomic mass is 10.1. The molecule has 2 aromatic carbocycles. The Morgan fingerprint density at radius 1 is 1.15 bits per heavy atom. The molecule has 20 heavy (non-hydrogen) atoms. The number of aryl methyl sites for hydroxylation is 1. The van der Waals surface area contributed by atoms with Crippen LogP contribution in [-0.4, -0.2) is 4.21 Å². The third kappa shape index (κ3) is 3.61. The van der Waals surface area contributed by atoms with Gasteiger partial charge in [0.15, 0.2) is 0 Å². The third-order valence-corrected chi connectivity index (χ3v) is 5.15. The molecule has 1 atom stereocenters. The fraction of sp³-hybridized carbons (Fsp3) is 0.200. The smallest absolute Gasteiger partial charge is 0.0592 e. The molecule has 0 fully saturated rings. The van der Waals surface area contributed by atoms with E-state index in [1.807, 2.05) is 25.1 Å². The summed E-state index contributed by atoms with van der Waals surface area (Å²) in [5.74, 6) is 0.413. The lowest BCUT2D eigenvalue weighted by Gasteiger charge is -2.09. The van der Waals surface area contributed by atoms with Crippen LogP contribution in [0.25, 0.3) is 0 Å². The topological polar surface area (TPSA) is 43.1 Å². The maximum atomic E-state index is 12.4. The fourth-order valence-electron chi connectivity index (χ4n) is 1.92. The maximum absolute atomic E-state index is 12.4. The maximum Gasteiger partial charge on any atom is 0.0592 e. The molecule has 106 valence electrons. The van der Waals surface area contributed by atoms with Gasteiger partial charge in [0.05, 0.1) is 26.5 Å². The molecule has 0 saturated heterocycles. The van der Waals surface area contributed by atoms with Crippen LogP contribution >= 0.6 is 23.2 Å². The van der Waals surface area contributed by atoms with E-state index in [2.05, 4.69) is 0 Å². The Bertz CT molecular complexity index is 658. The molecule has 2 rings (SSSR count). The van der Waals surface area contributed by atoms with Crippen LogP contribution < -0.4 is 5.73 Å². The fourth-order valence-corrected chi connectivity index (χ4v) is 3.84. The van der Waals surface area contributed by atoms with Crippen molar-refractivity contribution in [3.63, 3.8) is 0 Å². The normalized spacial score (nSPS) is 12.4. The molecule has 2 N–H and O–H groups in total. The highest BCUT2D eigenvalue weighted by atomic mass is 35.5. The van der Waals surface area contributed by atoms with Gasteiger partial charge >= 0.3 is 0 Å². The minimum Gasteiger partial charge on any atom is -0.326 e. The van der Waals surface area contributed by atoms with Gasteiger partial charge in [-0.15, -0.1) is 0 Å². The molecule has 2 aromatic rings. The third-order valence-electron chi connectivity index (χ3n) is 3.07. The predicted molar refractivity (Wildman–Crippen MR) is 85.6 cm³/mol.